The molecule has 1 fully saturated rings. The summed E-state index contributed by atoms with van der Waals surface area (Å²) in [6.45, 7) is 4.79. The van der Waals surface area contributed by atoms with Crippen LogP contribution in [0.15, 0.2) is 52.2 Å². The molecule has 0 aliphatic carbocycles. The number of amides is 1. The van der Waals surface area contributed by atoms with Gasteiger partial charge in [-0.15, -0.1) is 0 Å². The Labute approximate surface area is 179 Å². The summed E-state index contributed by atoms with van der Waals surface area (Å²) in [6, 6.07) is 11.2. The van der Waals surface area contributed by atoms with Gasteiger partial charge in [0.15, 0.2) is 0 Å². The zero-order chi connectivity index (χ0) is 22.2. The quantitative estimate of drug-likeness (QED) is 0.628. The number of hydrogen-bond donors (Lipinski definition) is 2. The average Bonchev–Trinajstić information content (AvgIpc) is 3.26. The molecule has 3 aromatic rings. The Morgan fingerprint density at radius 2 is 1.74 bits per heavy atom. The summed E-state index contributed by atoms with van der Waals surface area (Å²) >= 11 is 0. The van der Waals surface area contributed by atoms with Gasteiger partial charge in [0.1, 0.15) is 5.82 Å². The van der Waals surface area contributed by atoms with Crippen LogP contribution in [0.4, 0.5) is 11.4 Å². The predicted octanol–water partition coefficient (Wildman–Crippen LogP) is 2.20. The first-order valence-corrected chi connectivity index (χ1v) is 11.4. The second-order valence-electron chi connectivity index (χ2n) is 7.50. The number of rotatable bonds is 5. The van der Waals surface area contributed by atoms with Crippen LogP contribution in [-0.2, 0) is 14.8 Å². The third-order valence-electron chi connectivity index (χ3n) is 5.19. The van der Waals surface area contributed by atoms with Gasteiger partial charge >= 0.3 is 0 Å². The van der Waals surface area contributed by atoms with E-state index < -0.39 is 15.6 Å². The van der Waals surface area contributed by atoms with Crippen LogP contribution in [0.3, 0.4) is 0 Å². The Balaban J connectivity index is 1.69. The largest absolute Gasteiger partial charge is 0.372 e. The van der Waals surface area contributed by atoms with Crippen molar-refractivity contribution >= 4 is 38.2 Å². The van der Waals surface area contributed by atoms with E-state index in [1.165, 1.54) is 31.2 Å². The van der Waals surface area contributed by atoms with Gasteiger partial charge in [-0.25, -0.2) is 9.82 Å². The zero-order valence-electron chi connectivity index (χ0n) is 17.3. The summed E-state index contributed by atoms with van der Waals surface area (Å²) in [5.41, 5.74) is 1.43. The summed E-state index contributed by atoms with van der Waals surface area (Å²) < 4.78 is 26.7. The van der Waals surface area contributed by atoms with Crippen molar-refractivity contribution in [1.29, 1.82) is 0 Å². The maximum absolute atomic E-state index is 13.1. The molecular weight excluding hydrogens is 418 g/mol. The van der Waals surface area contributed by atoms with Crippen molar-refractivity contribution < 1.29 is 13.2 Å². The van der Waals surface area contributed by atoms with Gasteiger partial charge in [-0.3, -0.25) is 9.59 Å². The number of sulfonamides is 1. The van der Waals surface area contributed by atoms with Crippen molar-refractivity contribution in [3.8, 4) is 0 Å². The highest BCUT2D eigenvalue weighted by Gasteiger charge is 2.19. The normalized spacial score (nSPS) is 14.1. The van der Waals surface area contributed by atoms with Crippen LogP contribution in [0.2, 0.25) is 0 Å². The number of nitrogens with zero attached hydrogens (tertiary/aromatic N) is 3. The maximum Gasteiger partial charge on any atom is 0.280 e. The molecule has 2 heterocycles. The third-order valence-corrected chi connectivity index (χ3v) is 6.50. The van der Waals surface area contributed by atoms with Crippen LogP contribution in [0.1, 0.15) is 25.6 Å². The number of nitrogens with one attached hydrogen (secondary N) is 2. The zero-order valence-corrected chi connectivity index (χ0v) is 18.1. The van der Waals surface area contributed by atoms with Crippen LogP contribution in [0.5, 0.6) is 0 Å². The lowest BCUT2D eigenvalue weighted by Crippen LogP contribution is -2.35. The summed E-state index contributed by atoms with van der Waals surface area (Å²) in [4.78, 5) is 33.1. The highest BCUT2D eigenvalue weighted by Crippen LogP contribution is 2.23. The molecule has 0 saturated carbocycles. The highest BCUT2D eigenvalue weighted by molar-refractivity contribution is 7.92. The second-order valence-corrected chi connectivity index (χ2v) is 9.16. The number of benzene rings is 2. The van der Waals surface area contributed by atoms with E-state index in [2.05, 4.69) is 20.0 Å². The number of aryl methyl sites for hydroxylation is 1. The number of aromatic nitrogens is 2. The highest BCUT2D eigenvalue weighted by atomic mass is 32.2. The van der Waals surface area contributed by atoms with E-state index in [0.29, 0.717) is 16.6 Å². The van der Waals surface area contributed by atoms with Crippen molar-refractivity contribution in [2.75, 3.05) is 28.1 Å². The lowest BCUT2D eigenvalue weighted by molar-refractivity contribution is -0.114. The van der Waals surface area contributed by atoms with Crippen LogP contribution >= 0.6 is 0 Å². The molecule has 0 radical (unpaired) electrons. The molecule has 9 nitrogen and oxygen atoms in total. The summed E-state index contributed by atoms with van der Waals surface area (Å²) in [5, 5.41) is 2.92. The average molecular weight is 442 g/mol. The smallest absolute Gasteiger partial charge is 0.280 e. The van der Waals surface area contributed by atoms with E-state index in [1.54, 1.807) is 19.1 Å². The molecule has 0 bridgehead atoms. The number of hydrogen-bond acceptors (Lipinski definition) is 6. The molecule has 1 aromatic heterocycles. The Hall–Kier alpha value is -3.40. The monoisotopic (exact) mass is 441 g/mol. The first-order chi connectivity index (χ1) is 14.7. The molecule has 1 aliphatic rings. The van der Waals surface area contributed by atoms with E-state index in [0.717, 1.165) is 36.3 Å². The Kier molecular flexibility index (Phi) is 5.40. The van der Waals surface area contributed by atoms with Crippen LogP contribution in [0.25, 0.3) is 10.9 Å². The topological polar surface area (TPSA) is 113 Å². The number of anilines is 2. The molecule has 2 N–H and O–H groups in total. The van der Waals surface area contributed by atoms with Crippen LogP contribution < -0.4 is 20.6 Å². The lowest BCUT2D eigenvalue weighted by atomic mass is 10.2. The fourth-order valence-electron chi connectivity index (χ4n) is 3.66. The molecule has 31 heavy (non-hydrogen) atoms. The van der Waals surface area contributed by atoms with Gasteiger partial charge in [-0.2, -0.15) is 13.1 Å². The van der Waals surface area contributed by atoms with Gasteiger partial charge < -0.3 is 10.2 Å². The minimum absolute atomic E-state index is 0.0428. The van der Waals surface area contributed by atoms with Gasteiger partial charge in [0, 0.05) is 31.4 Å². The number of carbonyl (C=O) groups excluding carboxylic acids is 1. The number of carbonyl (C=O) groups is 1. The SMILES string of the molecule is CC(=O)Nc1ccc(S(=O)(=O)Nn2c(C)nc3ccc(N4CCCC4)cc3c2=O)cc1. The van der Waals surface area contributed by atoms with Gasteiger partial charge in [-0.1, -0.05) is 0 Å². The van der Waals surface area contributed by atoms with E-state index in [4.69, 9.17) is 0 Å². The van der Waals surface area contributed by atoms with E-state index in [-0.39, 0.29) is 16.6 Å². The van der Waals surface area contributed by atoms with Crippen LogP contribution in [0, 0.1) is 6.92 Å². The molecule has 1 amide bonds. The second kappa shape index (κ2) is 8.03. The fraction of sp³-hybridized carbons (Fsp3) is 0.286. The first-order valence-electron chi connectivity index (χ1n) is 9.93. The molecule has 10 heteroatoms. The molecule has 2 aromatic carbocycles. The lowest BCUT2D eigenvalue weighted by Gasteiger charge is -2.18. The van der Waals surface area contributed by atoms with E-state index in [1.807, 2.05) is 6.07 Å². The summed E-state index contributed by atoms with van der Waals surface area (Å²) in [6.07, 6.45) is 2.21. The minimum Gasteiger partial charge on any atom is -0.372 e. The van der Waals surface area contributed by atoms with Gasteiger partial charge in [0.2, 0.25) is 5.91 Å². The summed E-state index contributed by atoms with van der Waals surface area (Å²) in [5.74, 6) is -0.0312. The Morgan fingerprint density at radius 1 is 1.06 bits per heavy atom. The van der Waals surface area contributed by atoms with Gasteiger partial charge in [-0.05, 0) is 62.2 Å². The molecule has 4 rings (SSSR count). The first kappa shape index (κ1) is 20.9. The van der Waals surface area contributed by atoms with Crippen molar-refractivity contribution in [2.45, 2.75) is 31.6 Å². The minimum atomic E-state index is -4.05. The van der Waals surface area contributed by atoms with Gasteiger partial charge in [0.05, 0.1) is 15.8 Å². The van der Waals surface area contributed by atoms with Gasteiger partial charge in [0.25, 0.3) is 15.6 Å². The van der Waals surface area contributed by atoms with Crippen molar-refractivity contribution in [2.24, 2.45) is 0 Å². The third kappa shape index (κ3) is 4.24. The summed E-state index contributed by atoms with van der Waals surface area (Å²) in [7, 11) is -4.05. The predicted molar refractivity (Wildman–Crippen MR) is 119 cm³/mol. The molecular formula is C21H23N5O4S. The number of fused-ring (bicyclic) bond motifs is 1. The molecule has 1 aliphatic heterocycles. The standard InChI is InChI=1S/C21H23N5O4S/c1-14-22-20-10-7-17(25-11-3-4-12-25)13-19(20)21(28)26(14)24-31(29,30)18-8-5-16(6-9-18)23-15(2)27/h5-10,13,24H,3-4,11-12H2,1-2H3,(H,23,27). The van der Waals surface area contributed by atoms with E-state index in [9.17, 15) is 18.0 Å². The molecule has 0 spiro atoms. The fourth-order valence-corrected chi connectivity index (χ4v) is 4.71. The Morgan fingerprint density at radius 3 is 2.39 bits per heavy atom. The molecule has 162 valence electrons. The van der Waals surface area contributed by atoms with Crippen molar-refractivity contribution in [1.82, 2.24) is 9.66 Å². The van der Waals surface area contributed by atoms with Crippen molar-refractivity contribution in [3.63, 3.8) is 0 Å². The van der Waals surface area contributed by atoms with Crippen molar-refractivity contribution in [3.05, 3.63) is 58.6 Å². The molecule has 1 saturated heterocycles. The van der Waals surface area contributed by atoms with Crippen LogP contribution in [-0.4, -0.2) is 37.1 Å². The molecule has 0 atom stereocenters. The maximum atomic E-state index is 13.1. The van der Waals surface area contributed by atoms with E-state index >= 15 is 0 Å². The Bertz CT molecular complexity index is 1310. The molecule has 0 unspecified atom stereocenters.